The van der Waals surface area contributed by atoms with Crippen LogP contribution in [0.5, 0.6) is 5.75 Å². The molecule has 1 aromatic carbocycles. The van der Waals surface area contributed by atoms with Crippen LogP contribution in [0.4, 0.5) is 5.69 Å². The maximum absolute atomic E-state index is 11.2. The number of nitro benzene ring substituents is 1. The fraction of sp³-hybridized carbons (Fsp3) is 0.167. The van der Waals surface area contributed by atoms with Gasteiger partial charge in [-0.2, -0.15) is 0 Å². The van der Waals surface area contributed by atoms with Crippen LogP contribution in [0.15, 0.2) is 82.0 Å². The minimum atomic E-state index is -0.463. The van der Waals surface area contributed by atoms with Gasteiger partial charge in [0.15, 0.2) is 5.11 Å². The Bertz CT molecular complexity index is 1320. The van der Waals surface area contributed by atoms with Crippen molar-refractivity contribution in [1.29, 1.82) is 0 Å². The van der Waals surface area contributed by atoms with Crippen LogP contribution in [0.25, 0.3) is 11.3 Å². The highest BCUT2D eigenvalue weighted by molar-refractivity contribution is 7.80. The van der Waals surface area contributed by atoms with Crippen molar-refractivity contribution >= 4 is 23.0 Å². The number of pyridine rings is 1. The van der Waals surface area contributed by atoms with E-state index in [1.165, 1.54) is 19.2 Å². The van der Waals surface area contributed by atoms with Crippen LogP contribution in [0.3, 0.4) is 0 Å². The van der Waals surface area contributed by atoms with Gasteiger partial charge in [0.25, 0.3) is 5.69 Å². The van der Waals surface area contributed by atoms with Crippen molar-refractivity contribution in [2.45, 2.75) is 18.6 Å². The normalized spacial score (nSPS) is 17.6. The van der Waals surface area contributed by atoms with Gasteiger partial charge in [-0.25, -0.2) is 0 Å². The molecule has 34 heavy (non-hydrogen) atoms. The van der Waals surface area contributed by atoms with Gasteiger partial charge >= 0.3 is 0 Å². The van der Waals surface area contributed by atoms with Gasteiger partial charge in [-0.15, -0.1) is 0 Å². The topological polar surface area (TPSA) is 107 Å². The number of thiocarbonyl (C=S) groups is 1. The molecular weight excluding hydrogens is 456 g/mol. The van der Waals surface area contributed by atoms with E-state index < -0.39 is 4.92 Å². The molecule has 10 heteroatoms. The standard InChI is InChI=1S/C24H20N4O5S/c1-31-21-13-15(28(29)30)7-8-17(21)19-9-10-20(33-19)23-22(18-6-2-3-11-25-18)26-24(34)27(23)14-16-5-4-12-32-16/h2-13,22-23H,14H2,1H3,(H,26,34)/t22-,23+/m0/s1. The summed E-state index contributed by atoms with van der Waals surface area (Å²) in [6.45, 7) is 0.448. The van der Waals surface area contributed by atoms with E-state index in [0.29, 0.717) is 34.5 Å². The minimum absolute atomic E-state index is 0.0578. The zero-order valence-electron chi connectivity index (χ0n) is 18.1. The number of furan rings is 2. The van der Waals surface area contributed by atoms with E-state index in [0.717, 1.165) is 11.5 Å². The molecule has 4 heterocycles. The number of non-ortho nitro benzene ring substituents is 1. The van der Waals surface area contributed by atoms with Gasteiger partial charge in [0.1, 0.15) is 29.1 Å². The van der Waals surface area contributed by atoms with Gasteiger partial charge in [0.05, 0.1) is 48.2 Å². The van der Waals surface area contributed by atoms with Crippen molar-refractivity contribution in [1.82, 2.24) is 15.2 Å². The molecule has 5 rings (SSSR count). The Morgan fingerprint density at radius 2 is 2.09 bits per heavy atom. The number of hydrogen-bond acceptors (Lipinski definition) is 7. The number of methoxy groups -OCH3 is 1. The molecule has 0 unspecified atom stereocenters. The Balaban J connectivity index is 1.54. The van der Waals surface area contributed by atoms with Crippen molar-refractivity contribution in [3.8, 4) is 17.1 Å². The molecule has 3 aromatic heterocycles. The Kier molecular flexibility index (Phi) is 5.72. The van der Waals surface area contributed by atoms with Crippen molar-refractivity contribution < 1.29 is 18.5 Å². The molecule has 0 saturated carbocycles. The van der Waals surface area contributed by atoms with E-state index in [2.05, 4.69) is 10.3 Å². The maximum Gasteiger partial charge on any atom is 0.273 e. The molecule has 0 spiro atoms. The number of benzene rings is 1. The third-order valence-corrected chi connectivity index (χ3v) is 6.04. The molecule has 4 aromatic rings. The summed E-state index contributed by atoms with van der Waals surface area (Å²) in [7, 11) is 1.47. The second-order valence-electron chi connectivity index (χ2n) is 7.68. The smallest absolute Gasteiger partial charge is 0.273 e. The first-order valence-electron chi connectivity index (χ1n) is 10.5. The number of nitrogens with one attached hydrogen (secondary N) is 1. The molecule has 9 nitrogen and oxygen atoms in total. The van der Waals surface area contributed by atoms with Crippen molar-refractivity contribution in [2.24, 2.45) is 0 Å². The first-order valence-corrected chi connectivity index (χ1v) is 10.9. The summed E-state index contributed by atoms with van der Waals surface area (Å²) >= 11 is 5.67. The first-order chi connectivity index (χ1) is 16.5. The van der Waals surface area contributed by atoms with Gasteiger partial charge in [-0.1, -0.05) is 6.07 Å². The molecule has 1 aliphatic heterocycles. The number of hydrogen-bond donors (Lipinski definition) is 1. The van der Waals surface area contributed by atoms with Gasteiger partial charge in [-0.05, 0) is 54.7 Å². The average Bonchev–Trinajstić information content (AvgIpc) is 3.61. The predicted octanol–water partition coefficient (Wildman–Crippen LogP) is 5.02. The first kappa shape index (κ1) is 21.7. The number of aromatic nitrogens is 1. The van der Waals surface area contributed by atoms with E-state index in [1.54, 1.807) is 18.5 Å². The van der Waals surface area contributed by atoms with Crippen LogP contribution >= 0.6 is 12.2 Å². The van der Waals surface area contributed by atoms with Crippen LogP contribution < -0.4 is 10.1 Å². The van der Waals surface area contributed by atoms with E-state index >= 15 is 0 Å². The fourth-order valence-electron chi connectivity index (χ4n) is 4.11. The summed E-state index contributed by atoms with van der Waals surface area (Å²) in [4.78, 5) is 17.2. The van der Waals surface area contributed by atoms with Crippen LogP contribution in [0, 0.1) is 10.1 Å². The zero-order chi connectivity index (χ0) is 23.7. The molecule has 172 valence electrons. The molecule has 0 bridgehead atoms. The van der Waals surface area contributed by atoms with E-state index in [9.17, 15) is 10.1 Å². The molecule has 2 atom stereocenters. The third kappa shape index (κ3) is 3.99. The fourth-order valence-corrected chi connectivity index (χ4v) is 4.41. The summed E-state index contributed by atoms with van der Waals surface area (Å²) in [5.74, 6) is 2.30. The van der Waals surface area contributed by atoms with Crippen LogP contribution in [-0.2, 0) is 6.54 Å². The quantitative estimate of drug-likeness (QED) is 0.223. The lowest BCUT2D eigenvalue weighted by Crippen LogP contribution is -2.28. The largest absolute Gasteiger partial charge is 0.496 e. The lowest BCUT2D eigenvalue weighted by Gasteiger charge is -2.25. The Hall–Kier alpha value is -4.18. The monoisotopic (exact) mass is 476 g/mol. The van der Waals surface area contributed by atoms with Crippen LogP contribution in [-0.4, -0.2) is 27.0 Å². The average molecular weight is 477 g/mol. The van der Waals surface area contributed by atoms with Gasteiger partial charge in [0, 0.05) is 12.3 Å². The van der Waals surface area contributed by atoms with Gasteiger partial charge in [-0.3, -0.25) is 15.1 Å². The minimum Gasteiger partial charge on any atom is -0.496 e. The summed E-state index contributed by atoms with van der Waals surface area (Å²) in [5, 5.41) is 15.1. The number of nitro groups is 1. The number of ether oxygens (including phenoxy) is 1. The van der Waals surface area contributed by atoms with Gasteiger partial charge < -0.3 is 23.8 Å². The highest BCUT2D eigenvalue weighted by Gasteiger charge is 2.42. The lowest BCUT2D eigenvalue weighted by molar-refractivity contribution is -0.384. The predicted molar refractivity (Wildman–Crippen MR) is 127 cm³/mol. The summed E-state index contributed by atoms with van der Waals surface area (Å²) in [6.07, 6.45) is 3.36. The highest BCUT2D eigenvalue weighted by atomic mass is 32.1. The molecule has 1 fully saturated rings. The Morgan fingerprint density at radius 1 is 1.21 bits per heavy atom. The third-order valence-electron chi connectivity index (χ3n) is 5.68. The molecular formula is C24H20N4O5S. The second kappa shape index (κ2) is 8.99. The molecule has 1 N–H and O–H groups in total. The highest BCUT2D eigenvalue weighted by Crippen LogP contribution is 2.42. The molecule has 0 aliphatic carbocycles. The number of nitrogens with zero attached hydrogens (tertiary/aromatic N) is 3. The SMILES string of the molecule is COc1cc([N+](=O)[O-])ccc1-c1ccc([C@@H]2[C@H](c3ccccn3)NC(=S)N2Cc2ccco2)o1. The summed E-state index contributed by atoms with van der Waals surface area (Å²) in [6, 6.07) is 17.0. The van der Waals surface area contributed by atoms with Crippen molar-refractivity contribution in [3.05, 3.63) is 100 Å². The summed E-state index contributed by atoms with van der Waals surface area (Å²) in [5.41, 5.74) is 1.38. The van der Waals surface area contributed by atoms with Crippen LogP contribution in [0.1, 0.15) is 29.3 Å². The number of rotatable bonds is 7. The Morgan fingerprint density at radius 3 is 2.79 bits per heavy atom. The van der Waals surface area contributed by atoms with E-state index in [-0.39, 0.29) is 17.8 Å². The maximum atomic E-state index is 11.2. The molecule has 1 aliphatic rings. The molecule has 1 saturated heterocycles. The van der Waals surface area contributed by atoms with Crippen molar-refractivity contribution in [3.63, 3.8) is 0 Å². The molecule has 0 amide bonds. The molecule has 0 radical (unpaired) electrons. The van der Waals surface area contributed by atoms with Crippen LogP contribution in [0.2, 0.25) is 0 Å². The van der Waals surface area contributed by atoms with E-state index in [4.69, 9.17) is 25.8 Å². The second-order valence-corrected chi connectivity index (χ2v) is 8.06. The van der Waals surface area contributed by atoms with Crippen molar-refractivity contribution in [2.75, 3.05) is 7.11 Å². The van der Waals surface area contributed by atoms with Gasteiger partial charge in [0.2, 0.25) is 0 Å². The zero-order valence-corrected chi connectivity index (χ0v) is 18.9. The lowest BCUT2D eigenvalue weighted by atomic mass is 10.0. The summed E-state index contributed by atoms with van der Waals surface area (Å²) < 4.78 is 17.2. The Labute approximate surface area is 200 Å². The van der Waals surface area contributed by atoms with E-state index in [1.807, 2.05) is 47.4 Å².